The van der Waals surface area contributed by atoms with Crippen LogP contribution in [0.1, 0.15) is 43.6 Å². The first kappa shape index (κ1) is 23.6. The van der Waals surface area contributed by atoms with Crippen molar-refractivity contribution in [2.75, 3.05) is 25.5 Å². The van der Waals surface area contributed by atoms with Crippen molar-refractivity contribution in [3.8, 4) is 0 Å². The molecule has 174 valence electrons. The maximum atomic E-state index is 13.1. The van der Waals surface area contributed by atoms with Gasteiger partial charge in [-0.2, -0.15) is 0 Å². The number of nitrogens with one attached hydrogen (secondary N) is 1. The minimum Gasteiger partial charge on any atom is -0.473 e. The van der Waals surface area contributed by atoms with Crippen LogP contribution in [0.15, 0.2) is 35.4 Å². The van der Waals surface area contributed by atoms with E-state index in [-0.39, 0.29) is 18.5 Å². The van der Waals surface area contributed by atoms with Gasteiger partial charge in [0, 0.05) is 36.5 Å². The highest BCUT2D eigenvalue weighted by Crippen LogP contribution is 2.33. The van der Waals surface area contributed by atoms with Gasteiger partial charge in [0.2, 0.25) is 5.91 Å². The molecule has 3 N–H and O–H groups in total. The molecule has 8 nitrogen and oxygen atoms in total. The molecule has 10 heteroatoms. The van der Waals surface area contributed by atoms with E-state index >= 15 is 0 Å². The molecule has 1 aromatic rings. The Labute approximate surface area is 186 Å². The second-order valence-electron chi connectivity index (χ2n) is 8.74. The first-order valence-electron chi connectivity index (χ1n) is 10.3. The molecular formula is C22H29F2N5O3. The summed E-state index contributed by atoms with van der Waals surface area (Å²) in [6, 6.07) is 1.37. The van der Waals surface area contributed by atoms with Crippen molar-refractivity contribution in [3.05, 3.63) is 46.5 Å². The predicted molar refractivity (Wildman–Crippen MR) is 116 cm³/mol. The van der Waals surface area contributed by atoms with E-state index in [2.05, 4.69) is 10.3 Å². The lowest BCUT2D eigenvalue weighted by atomic mass is 10.0. The number of amides is 2. The van der Waals surface area contributed by atoms with E-state index in [4.69, 9.17) is 10.5 Å². The summed E-state index contributed by atoms with van der Waals surface area (Å²) < 4.78 is 30.3. The Bertz CT molecular complexity index is 984. The molecule has 0 bridgehead atoms. The van der Waals surface area contributed by atoms with Gasteiger partial charge < -0.3 is 25.6 Å². The van der Waals surface area contributed by atoms with E-state index in [1.807, 2.05) is 13.0 Å². The lowest BCUT2D eigenvalue weighted by molar-refractivity contribution is -0.120. The lowest BCUT2D eigenvalue weighted by Gasteiger charge is -2.34. The first-order valence-corrected chi connectivity index (χ1v) is 10.3. The van der Waals surface area contributed by atoms with Crippen LogP contribution in [-0.2, 0) is 16.1 Å². The van der Waals surface area contributed by atoms with Gasteiger partial charge in [0.1, 0.15) is 5.82 Å². The van der Waals surface area contributed by atoms with Crippen molar-refractivity contribution in [2.45, 2.75) is 52.2 Å². The Morgan fingerprint density at radius 1 is 1.38 bits per heavy atom. The zero-order valence-electron chi connectivity index (χ0n) is 18.9. The number of hydrogen-bond donors (Lipinski definition) is 2. The second-order valence-corrected chi connectivity index (χ2v) is 8.74. The van der Waals surface area contributed by atoms with Crippen molar-refractivity contribution >= 4 is 17.6 Å². The molecule has 0 radical (unpaired) electrons. The molecule has 1 unspecified atom stereocenters. The Morgan fingerprint density at radius 2 is 2.06 bits per heavy atom. The number of nitrogens with two attached hydrogens (primary N) is 1. The van der Waals surface area contributed by atoms with Crippen LogP contribution >= 0.6 is 0 Å². The van der Waals surface area contributed by atoms with Crippen LogP contribution in [0.5, 0.6) is 0 Å². The molecule has 0 aliphatic carbocycles. The SMILES string of the molecule is CC1=C(OCC(F)F)N(C)CC(C(C)N2Cc3c(ccnc3NC(=O)C(C)(C)N)C2=O)=C1. The molecule has 3 rings (SSSR count). The summed E-state index contributed by atoms with van der Waals surface area (Å²) in [5.74, 6) is 0.159. The monoisotopic (exact) mass is 449 g/mol. The molecule has 32 heavy (non-hydrogen) atoms. The number of halogens is 2. The lowest BCUT2D eigenvalue weighted by Crippen LogP contribution is -2.45. The van der Waals surface area contributed by atoms with Gasteiger partial charge in [0.15, 0.2) is 12.5 Å². The summed E-state index contributed by atoms with van der Waals surface area (Å²) in [4.78, 5) is 33.1. The van der Waals surface area contributed by atoms with E-state index in [0.29, 0.717) is 34.9 Å². The van der Waals surface area contributed by atoms with E-state index in [1.54, 1.807) is 43.7 Å². The third kappa shape index (κ3) is 4.74. The zero-order valence-corrected chi connectivity index (χ0v) is 18.9. The summed E-state index contributed by atoms with van der Waals surface area (Å²) in [5, 5.41) is 2.72. The average Bonchev–Trinajstić information content (AvgIpc) is 3.03. The van der Waals surface area contributed by atoms with E-state index < -0.39 is 24.5 Å². The summed E-state index contributed by atoms with van der Waals surface area (Å²) >= 11 is 0. The number of likely N-dealkylation sites (N-methyl/N-ethyl adjacent to an activating group) is 1. The van der Waals surface area contributed by atoms with Crippen LogP contribution in [0.25, 0.3) is 0 Å². The highest BCUT2D eigenvalue weighted by Gasteiger charge is 2.36. The number of hydrogen-bond acceptors (Lipinski definition) is 6. The number of carbonyl (C=O) groups excluding carboxylic acids is 2. The number of fused-ring (bicyclic) bond motifs is 1. The number of aromatic nitrogens is 1. The minimum atomic E-state index is -2.55. The molecule has 0 saturated heterocycles. The van der Waals surface area contributed by atoms with Gasteiger partial charge in [0.25, 0.3) is 12.3 Å². The van der Waals surface area contributed by atoms with Gasteiger partial charge in [-0.25, -0.2) is 13.8 Å². The summed E-state index contributed by atoms with van der Waals surface area (Å²) in [6.45, 7) is 6.92. The van der Waals surface area contributed by atoms with Gasteiger partial charge in [-0.3, -0.25) is 9.59 Å². The highest BCUT2D eigenvalue weighted by atomic mass is 19.3. The van der Waals surface area contributed by atoms with Crippen molar-refractivity contribution in [3.63, 3.8) is 0 Å². The van der Waals surface area contributed by atoms with E-state index in [0.717, 1.165) is 5.57 Å². The second kappa shape index (κ2) is 8.85. The molecule has 0 spiro atoms. The molecule has 1 atom stereocenters. The molecular weight excluding hydrogens is 420 g/mol. The number of pyridine rings is 1. The smallest absolute Gasteiger partial charge is 0.272 e. The van der Waals surface area contributed by atoms with Crippen LogP contribution < -0.4 is 11.1 Å². The Morgan fingerprint density at radius 3 is 2.66 bits per heavy atom. The molecule has 1 aromatic heterocycles. The molecule has 2 amide bonds. The highest BCUT2D eigenvalue weighted by molar-refractivity contribution is 6.03. The molecule has 3 heterocycles. The van der Waals surface area contributed by atoms with Gasteiger partial charge in [-0.1, -0.05) is 6.08 Å². The van der Waals surface area contributed by atoms with Crippen molar-refractivity contribution in [1.82, 2.24) is 14.8 Å². The normalized spacial score (nSPS) is 17.5. The van der Waals surface area contributed by atoms with E-state index in [9.17, 15) is 18.4 Å². The average molecular weight is 450 g/mol. The summed E-state index contributed by atoms with van der Waals surface area (Å²) in [5.41, 5.74) is 7.55. The van der Waals surface area contributed by atoms with Gasteiger partial charge in [0.05, 0.1) is 18.1 Å². The molecule has 2 aliphatic heterocycles. The largest absolute Gasteiger partial charge is 0.473 e. The Hall–Kier alpha value is -3.01. The number of nitrogens with zero attached hydrogens (tertiary/aromatic N) is 3. The Balaban J connectivity index is 1.82. The fourth-order valence-electron chi connectivity index (χ4n) is 3.79. The van der Waals surface area contributed by atoms with Crippen molar-refractivity contribution < 1.29 is 23.1 Å². The van der Waals surface area contributed by atoms with Crippen LogP contribution in [-0.4, -0.2) is 64.8 Å². The van der Waals surface area contributed by atoms with Gasteiger partial charge in [-0.15, -0.1) is 0 Å². The number of anilines is 1. The van der Waals surface area contributed by atoms with Crippen molar-refractivity contribution in [2.24, 2.45) is 5.73 Å². The van der Waals surface area contributed by atoms with Crippen LogP contribution in [0.3, 0.4) is 0 Å². The minimum absolute atomic E-state index is 0.164. The van der Waals surface area contributed by atoms with Crippen LogP contribution in [0.4, 0.5) is 14.6 Å². The molecule has 0 aromatic carbocycles. The van der Waals surface area contributed by atoms with Crippen molar-refractivity contribution in [1.29, 1.82) is 0 Å². The van der Waals surface area contributed by atoms with Crippen LogP contribution in [0.2, 0.25) is 0 Å². The maximum Gasteiger partial charge on any atom is 0.272 e. The number of ether oxygens (including phenoxy) is 1. The third-order valence-corrected chi connectivity index (χ3v) is 5.55. The number of alkyl halides is 2. The fourth-order valence-corrected chi connectivity index (χ4v) is 3.79. The van der Waals surface area contributed by atoms with Gasteiger partial charge in [-0.05, 0) is 39.3 Å². The van der Waals surface area contributed by atoms with E-state index in [1.165, 1.54) is 6.20 Å². The topological polar surface area (TPSA) is 101 Å². The first-order chi connectivity index (χ1) is 14.9. The number of carbonyl (C=O) groups is 2. The summed E-state index contributed by atoms with van der Waals surface area (Å²) in [7, 11) is 1.76. The molecule has 2 aliphatic rings. The third-order valence-electron chi connectivity index (χ3n) is 5.55. The fraction of sp³-hybridized carbons (Fsp3) is 0.500. The summed E-state index contributed by atoms with van der Waals surface area (Å²) in [6.07, 6.45) is 0.804. The predicted octanol–water partition coefficient (Wildman–Crippen LogP) is 2.49. The van der Waals surface area contributed by atoms with Crippen LogP contribution in [0, 0.1) is 0 Å². The quantitative estimate of drug-likeness (QED) is 0.663. The van der Waals surface area contributed by atoms with Gasteiger partial charge >= 0.3 is 0 Å². The number of rotatable bonds is 7. The standard InChI is InChI=1S/C22H29F2N5O3/c1-12-8-14(9-28(5)20(12)32-11-17(23)24)13(2)29-10-16-15(19(29)30)6-7-26-18(16)27-21(31)22(3,4)25/h6-8,13,17H,9-11,25H2,1-5H3,(H,26,27,31). The molecule has 0 saturated carbocycles. The number of allylic oxidation sites excluding steroid dienone is 2. The zero-order chi connectivity index (χ0) is 23.8. The molecule has 0 fully saturated rings. The maximum absolute atomic E-state index is 13.1. The Kier molecular flexibility index (Phi) is 6.54.